The number of hydrogen-bond donors (Lipinski definition) is 2. The largest absolute Gasteiger partial charge is 0.477 e. The molecule has 14 heavy (non-hydrogen) atoms. The van der Waals surface area contributed by atoms with E-state index in [0.29, 0.717) is 6.54 Å². The second-order valence-corrected chi connectivity index (χ2v) is 3.06. The van der Waals surface area contributed by atoms with Crippen LogP contribution in [0, 0.1) is 0 Å². The molecule has 5 nitrogen and oxygen atoms in total. The van der Waals surface area contributed by atoms with Crippen LogP contribution in [0.25, 0.3) is 0 Å². The van der Waals surface area contributed by atoms with E-state index in [1.54, 1.807) is 13.2 Å². The lowest BCUT2D eigenvalue weighted by Gasteiger charge is -1.96. The third-order valence-corrected chi connectivity index (χ3v) is 1.82. The summed E-state index contributed by atoms with van der Waals surface area (Å²) in [7, 11) is 1.65. The zero-order valence-corrected chi connectivity index (χ0v) is 8.07. The second-order valence-electron chi connectivity index (χ2n) is 3.06. The number of carbonyl (C=O) groups is 2. The fourth-order valence-corrected chi connectivity index (χ4v) is 1.17. The molecule has 76 valence electrons. The topological polar surface area (TPSA) is 71.3 Å². The van der Waals surface area contributed by atoms with E-state index >= 15 is 0 Å². The van der Waals surface area contributed by atoms with Gasteiger partial charge < -0.3 is 15.0 Å². The van der Waals surface area contributed by atoms with Crippen molar-refractivity contribution in [2.75, 3.05) is 0 Å². The van der Waals surface area contributed by atoms with Gasteiger partial charge in [0.25, 0.3) is 0 Å². The minimum Gasteiger partial charge on any atom is -0.477 e. The van der Waals surface area contributed by atoms with Crippen molar-refractivity contribution in [3.8, 4) is 0 Å². The van der Waals surface area contributed by atoms with E-state index in [4.69, 9.17) is 5.11 Å². The van der Waals surface area contributed by atoms with Gasteiger partial charge in [-0.05, 0) is 11.6 Å². The van der Waals surface area contributed by atoms with Crippen LogP contribution in [-0.2, 0) is 18.4 Å². The molecule has 0 saturated carbocycles. The van der Waals surface area contributed by atoms with E-state index in [-0.39, 0.29) is 11.6 Å². The van der Waals surface area contributed by atoms with Crippen molar-refractivity contribution in [1.82, 2.24) is 9.88 Å². The van der Waals surface area contributed by atoms with Crippen LogP contribution in [0.15, 0.2) is 12.3 Å². The summed E-state index contributed by atoms with van der Waals surface area (Å²) in [5.41, 5.74) is 0.991. The Balaban J connectivity index is 2.76. The van der Waals surface area contributed by atoms with Crippen LogP contribution < -0.4 is 5.32 Å². The number of carbonyl (C=O) groups excluding carboxylic acids is 1. The Kier molecular flexibility index (Phi) is 2.91. The minimum absolute atomic E-state index is 0.134. The van der Waals surface area contributed by atoms with E-state index in [1.807, 2.05) is 0 Å². The SMILES string of the molecule is CC(=O)NCc1cc(C(=O)O)n(C)c1. The highest BCUT2D eigenvalue weighted by molar-refractivity contribution is 5.86. The van der Waals surface area contributed by atoms with E-state index in [9.17, 15) is 9.59 Å². The molecule has 1 rings (SSSR count). The quantitative estimate of drug-likeness (QED) is 0.733. The minimum atomic E-state index is -0.971. The number of nitrogens with zero attached hydrogens (tertiary/aromatic N) is 1. The summed E-state index contributed by atoms with van der Waals surface area (Å²) in [6.07, 6.45) is 1.68. The van der Waals surface area contributed by atoms with E-state index in [2.05, 4.69) is 5.32 Å². The van der Waals surface area contributed by atoms with Crippen molar-refractivity contribution >= 4 is 11.9 Å². The highest BCUT2D eigenvalue weighted by Gasteiger charge is 2.09. The summed E-state index contributed by atoms with van der Waals surface area (Å²) >= 11 is 0. The Morgan fingerprint density at radius 2 is 2.21 bits per heavy atom. The van der Waals surface area contributed by atoms with Crippen molar-refractivity contribution in [1.29, 1.82) is 0 Å². The maximum Gasteiger partial charge on any atom is 0.352 e. The Hall–Kier alpha value is -1.78. The lowest BCUT2D eigenvalue weighted by atomic mass is 10.3. The Morgan fingerprint density at radius 1 is 1.57 bits per heavy atom. The average molecular weight is 196 g/mol. The van der Waals surface area contributed by atoms with Gasteiger partial charge in [0.1, 0.15) is 5.69 Å². The predicted octanol–water partition coefficient (Wildman–Crippen LogP) is 0.359. The molecular weight excluding hydrogens is 184 g/mol. The second kappa shape index (κ2) is 3.95. The highest BCUT2D eigenvalue weighted by atomic mass is 16.4. The maximum absolute atomic E-state index is 10.7. The number of carboxylic acid groups (broad SMARTS) is 1. The number of nitrogens with one attached hydrogen (secondary N) is 1. The molecule has 0 aromatic carbocycles. The van der Waals surface area contributed by atoms with Gasteiger partial charge in [0.05, 0.1) is 0 Å². The number of hydrogen-bond acceptors (Lipinski definition) is 2. The third kappa shape index (κ3) is 2.35. The number of amides is 1. The summed E-state index contributed by atoms with van der Waals surface area (Å²) in [6.45, 7) is 1.78. The van der Waals surface area contributed by atoms with Gasteiger partial charge in [-0.2, -0.15) is 0 Å². The van der Waals surface area contributed by atoms with Crippen LogP contribution in [0.3, 0.4) is 0 Å². The standard InChI is InChI=1S/C9H12N2O3/c1-6(12)10-4-7-3-8(9(13)14)11(2)5-7/h3,5H,4H2,1-2H3,(H,10,12)(H,13,14). The molecule has 0 unspecified atom stereocenters. The highest BCUT2D eigenvalue weighted by Crippen LogP contribution is 2.06. The van der Waals surface area contributed by atoms with Crippen LogP contribution in [-0.4, -0.2) is 21.6 Å². The number of carboxylic acids is 1. The monoisotopic (exact) mass is 196 g/mol. The lowest BCUT2D eigenvalue weighted by Crippen LogP contribution is -2.18. The van der Waals surface area contributed by atoms with Gasteiger partial charge in [-0.25, -0.2) is 4.79 Å². The van der Waals surface area contributed by atoms with Gasteiger partial charge in [0.15, 0.2) is 0 Å². The Bertz CT molecular complexity index is 368. The molecule has 0 atom stereocenters. The van der Waals surface area contributed by atoms with Crippen LogP contribution in [0.1, 0.15) is 23.0 Å². The smallest absolute Gasteiger partial charge is 0.352 e. The molecule has 0 aliphatic heterocycles. The molecule has 0 saturated heterocycles. The van der Waals surface area contributed by atoms with Crippen LogP contribution in [0.4, 0.5) is 0 Å². The van der Waals surface area contributed by atoms with Crippen LogP contribution in [0.5, 0.6) is 0 Å². The molecule has 1 heterocycles. The summed E-state index contributed by atoms with van der Waals surface area (Å²) in [6, 6.07) is 1.54. The predicted molar refractivity (Wildman–Crippen MR) is 49.9 cm³/mol. The molecule has 0 aliphatic carbocycles. The average Bonchev–Trinajstić information content (AvgIpc) is 2.43. The van der Waals surface area contributed by atoms with Crippen molar-refractivity contribution < 1.29 is 14.7 Å². The fraction of sp³-hybridized carbons (Fsp3) is 0.333. The van der Waals surface area contributed by atoms with Gasteiger partial charge in [0, 0.05) is 26.7 Å². The molecule has 0 fully saturated rings. The zero-order chi connectivity index (χ0) is 10.7. The van der Waals surface area contributed by atoms with Crippen LogP contribution >= 0.6 is 0 Å². The first-order chi connectivity index (χ1) is 6.50. The van der Waals surface area contributed by atoms with E-state index < -0.39 is 5.97 Å². The first-order valence-electron chi connectivity index (χ1n) is 4.13. The Labute approximate surface area is 81.3 Å². The molecule has 0 bridgehead atoms. The number of aryl methyl sites for hydroxylation is 1. The molecule has 5 heteroatoms. The van der Waals surface area contributed by atoms with Gasteiger partial charge in [0.2, 0.25) is 5.91 Å². The molecule has 0 aliphatic rings. The number of aromatic carboxylic acids is 1. The summed E-state index contributed by atoms with van der Waals surface area (Å²) in [5, 5.41) is 11.3. The molecule has 1 aromatic rings. The summed E-state index contributed by atoms with van der Waals surface area (Å²) in [4.78, 5) is 21.3. The van der Waals surface area contributed by atoms with Crippen LogP contribution in [0.2, 0.25) is 0 Å². The van der Waals surface area contributed by atoms with Crippen molar-refractivity contribution in [3.63, 3.8) is 0 Å². The van der Waals surface area contributed by atoms with Gasteiger partial charge in [-0.3, -0.25) is 4.79 Å². The van der Waals surface area contributed by atoms with Crippen molar-refractivity contribution in [3.05, 3.63) is 23.5 Å². The molecule has 2 N–H and O–H groups in total. The van der Waals surface area contributed by atoms with E-state index in [0.717, 1.165) is 5.56 Å². The van der Waals surface area contributed by atoms with Gasteiger partial charge in [-0.15, -0.1) is 0 Å². The summed E-state index contributed by atoms with van der Waals surface area (Å²) < 4.78 is 1.51. The molecule has 0 radical (unpaired) electrons. The lowest BCUT2D eigenvalue weighted by molar-refractivity contribution is -0.119. The molecule has 1 aromatic heterocycles. The molecule has 1 amide bonds. The third-order valence-electron chi connectivity index (χ3n) is 1.82. The van der Waals surface area contributed by atoms with E-state index in [1.165, 1.54) is 17.6 Å². The number of aromatic nitrogens is 1. The van der Waals surface area contributed by atoms with Gasteiger partial charge in [-0.1, -0.05) is 0 Å². The normalized spacial score (nSPS) is 9.86. The Morgan fingerprint density at radius 3 is 2.64 bits per heavy atom. The fourth-order valence-electron chi connectivity index (χ4n) is 1.17. The first kappa shape index (κ1) is 10.3. The molecule has 0 spiro atoms. The van der Waals surface area contributed by atoms with Crippen molar-refractivity contribution in [2.45, 2.75) is 13.5 Å². The number of rotatable bonds is 3. The van der Waals surface area contributed by atoms with Crippen molar-refractivity contribution in [2.24, 2.45) is 7.05 Å². The maximum atomic E-state index is 10.7. The zero-order valence-electron chi connectivity index (χ0n) is 8.07. The first-order valence-corrected chi connectivity index (χ1v) is 4.13. The van der Waals surface area contributed by atoms with Gasteiger partial charge >= 0.3 is 5.97 Å². The summed E-state index contributed by atoms with van der Waals surface area (Å²) in [5.74, 6) is -1.10. The molecular formula is C9H12N2O3.